The third kappa shape index (κ3) is 4.62. The van der Waals surface area contributed by atoms with Gasteiger partial charge in [0, 0.05) is 25.4 Å². The molecule has 0 aromatic heterocycles. The summed E-state index contributed by atoms with van der Waals surface area (Å²) < 4.78 is 0. The minimum Gasteiger partial charge on any atom is -0.343 e. The molecule has 0 aliphatic heterocycles. The van der Waals surface area contributed by atoms with E-state index in [4.69, 9.17) is 5.73 Å². The van der Waals surface area contributed by atoms with E-state index in [0.717, 1.165) is 5.75 Å². The van der Waals surface area contributed by atoms with Crippen LogP contribution in [0.3, 0.4) is 0 Å². The van der Waals surface area contributed by atoms with Crippen molar-refractivity contribution in [3.05, 3.63) is 0 Å². The molecule has 3 nitrogen and oxygen atoms in total. The van der Waals surface area contributed by atoms with Crippen molar-refractivity contribution in [2.24, 2.45) is 5.73 Å². The minimum atomic E-state index is 0.184. The molecular weight excluding hydrogens is 172 g/mol. The lowest BCUT2D eigenvalue weighted by Gasteiger charge is -2.20. The van der Waals surface area contributed by atoms with Crippen LogP contribution < -0.4 is 5.73 Å². The summed E-state index contributed by atoms with van der Waals surface area (Å²) >= 11 is 1.59. The first kappa shape index (κ1) is 11.8. The summed E-state index contributed by atoms with van der Waals surface area (Å²) in [6.07, 6.45) is 0. The van der Waals surface area contributed by atoms with E-state index in [0.29, 0.717) is 12.3 Å². The molecule has 0 aliphatic carbocycles. The van der Waals surface area contributed by atoms with Crippen LogP contribution in [0.2, 0.25) is 0 Å². The fraction of sp³-hybridized carbons (Fsp3) is 0.875. The van der Waals surface area contributed by atoms with Crippen LogP contribution in [0, 0.1) is 0 Å². The van der Waals surface area contributed by atoms with E-state index in [1.807, 2.05) is 20.9 Å². The molecule has 0 heterocycles. The Labute approximate surface area is 78.7 Å². The van der Waals surface area contributed by atoms with Crippen LogP contribution >= 0.6 is 11.8 Å². The Morgan fingerprint density at radius 1 is 1.58 bits per heavy atom. The molecular formula is C8H18N2OS. The second-order valence-electron chi connectivity index (χ2n) is 2.94. The van der Waals surface area contributed by atoms with Crippen molar-refractivity contribution in [1.82, 2.24) is 4.90 Å². The number of thioether (sulfide) groups is 1. The molecule has 0 rings (SSSR count). The summed E-state index contributed by atoms with van der Waals surface area (Å²) in [6, 6.07) is 0.288. The number of carbonyl (C=O) groups excluding carboxylic acids is 1. The summed E-state index contributed by atoms with van der Waals surface area (Å²) in [5.74, 6) is 1.59. The number of hydrogen-bond donors (Lipinski definition) is 1. The molecule has 0 spiro atoms. The Hall–Kier alpha value is -0.220. The van der Waals surface area contributed by atoms with E-state index < -0.39 is 0 Å². The smallest absolute Gasteiger partial charge is 0.232 e. The molecule has 0 unspecified atom stereocenters. The number of nitrogens with two attached hydrogens (primary N) is 1. The number of nitrogens with zero attached hydrogens (tertiary/aromatic N) is 1. The highest BCUT2D eigenvalue weighted by atomic mass is 32.2. The maximum Gasteiger partial charge on any atom is 0.232 e. The first-order chi connectivity index (χ1) is 5.59. The lowest BCUT2D eigenvalue weighted by molar-refractivity contribution is -0.128. The minimum absolute atomic E-state index is 0.184. The number of rotatable bonds is 5. The molecule has 2 N–H and O–H groups in total. The maximum atomic E-state index is 11.3. The topological polar surface area (TPSA) is 46.3 Å². The molecule has 0 bridgehead atoms. The zero-order valence-electron chi connectivity index (χ0n) is 8.04. The van der Waals surface area contributed by atoms with Crippen molar-refractivity contribution in [2.45, 2.75) is 19.9 Å². The van der Waals surface area contributed by atoms with Gasteiger partial charge in [-0.05, 0) is 13.8 Å². The van der Waals surface area contributed by atoms with Crippen molar-refractivity contribution in [1.29, 1.82) is 0 Å². The Morgan fingerprint density at radius 3 is 2.58 bits per heavy atom. The van der Waals surface area contributed by atoms with Gasteiger partial charge in [0.1, 0.15) is 0 Å². The molecule has 1 amide bonds. The monoisotopic (exact) mass is 190 g/mol. The van der Waals surface area contributed by atoms with E-state index in [-0.39, 0.29) is 11.9 Å². The first-order valence-corrected chi connectivity index (χ1v) is 5.28. The molecule has 72 valence electrons. The number of amides is 1. The van der Waals surface area contributed by atoms with Gasteiger partial charge in [-0.2, -0.15) is 11.8 Å². The average molecular weight is 190 g/mol. The molecule has 4 heteroatoms. The van der Waals surface area contributed by atoms with Crippen LogP contribution in [0.1, 0.15) is 13.8 Å². The third-order valence-electron chi connectivity index (χ3n) is 1.66. The van der Waals surface area contributed by atoms with Gasteiger partial charge >= 0.3 is 0 Å². The zero-order chi connectivity index (χ0) is 9.56. The summed E-state index contributed by atoms with van der Waals surface area (Å²) in [7, 11) is 1.83. The maximum absolute atomic E-state index is 11.3. The van der Waals surface area contributed by atoms with Crippen LogP contribution in [0.4, 0.5) is 0 Å². The molecule has 0 aromatic carbocycles. The van der Waals surface area contributed by atoms with Crippen LogP contribution in [-0.2, 0) is 4.79 Å². The highest BCUT2D eigenvalue weighted by Crippen LogP contribution is 2.02. The van der Waals surface area contributed by atoms with Gasteiger partial charge in [-0.1, -0.05) is 0 Å². The molecule has 0 fully saturated rings. The van der Waals surface area contributed by atoms with Crippen LogP contribution in [-0.4, -0.2) is 41.9 Å². The van der Waals surface area contributed by atoms with E-state index in [2.05, 4.69) is 0 Å². The van der Waals surface area contributed by atoms with E-state index in [1.54, 1.807) is 16.7 Å². The van der Waals surface area contributed by atoms with Crippen LogP contribution in [0.5, 0.6) is 0 Å². The number of carbonyl (C=O) groups is 1. The van der Waals surface area contributed by atoms with E-state index in [9.17, 15) is 4.79 Å². The zero-order valence-corrected chi connectivity index (χ0v) is 8.86. The highest BCUT2D eigenvalue weighted by molar-refractivity contribution is 7.99. The molecule has 0 atom stereocenters. The normalized spacial score (nSPS) is 10.4. The molecule has 0 aromatic rings. The van der Waals surface area contributed by atoms with Crippen molar-refractivity contribution in [3.63, 3.8) is 0 Å². The highest BCUT2D eigenvalue weighted by Gasteiger charge is 2.10. The summed E-state index contributed by atoms with van der Waals surface area (Å²) in [6.45, 7) is 4.65. The average Bonchev–Trinajstić information content (AvgIpc) is 2.03. The molecule has 0 radical (unpaired) electrons. The van der Waals surface area contributed by atoms with Crippen molar-refractivity contribution in [2.75, 3.05) is 25.1 Å². The summed E-state index contributed by atoms with van der Waals surface area (Å²) in [4.78, 5) is 13.1. The first-order valence-electron chi connectivity index (χ1n) is 4.13. The Bertz CT molecular complexity index is 139. The predicted octanol–water partition coefficient (Wildman–Crippen LogP) is 0.545. The van der Waals surface area contributed by atoms with E-state index in [1.165, 1.54) is 0 Å². The van der Waals surface area contributed by atoms with Gasteiger partial charge in [0.2, 0.25) is 5.91 Å². The fourth-order valence-corrected chi connectivity index (χ4v) is 1.32. The van der Waals surface area contributed by atoms with E-state index >= 15 is 0 Å². The fourth-order valence-electron chi connectivity index (χ4n) is 0.633. The lowest BCUT2D eigenvalue weighted by atomic mass is 10.3. The molecule has 0 aliphatic rings. The standard InChI is InChI=1S/C8H18N2OS/c1-7(2)10(3)8(11)6-12-5-4-9/h7H,4-6,9H2,1-3H3. The molecule has 0 saturated heterocycles. The summed E-state index contributed by atoms with van der Waals surface area (Å²) in [5, 5.41) is 0. The van der Waals surface area contributed by atoms with Gasteiger partial charge < -0.3 is 10.6 Å². The Morgan fingerprint density at radius 2 is 2.17 bits per heavy atom. The van der Waals surface area contributed by atoms with Gasteiger partial charge in [-0.15, -0.1) is 0 Å². The van der Waals surface area contributed by atoms with Crippen LogP contribution in [0.15, 0.2) is 0 Å². The van der Waals surface area contributed by atoms with Gasteiger partial charge in [0.15, 0.2) is 0 Å². The van der Waals surface area contributed by atoms with Crippen LogP contribution in [0.25, 0.3) is 0 Å². The van der Waals surface area contributed by atoms with Crippen molar-refractivity contribution in [3.8, 4) is 0 Å². The second-order valence-corrected chi connectivity index (χ2v) is 4.04. The Balaban J connectivity index is 3.57. The quantitative estimate of drug-likeness (QED) is 0.644. The SMILES string of the molecule is CC(C)N(C)C(=O)CSCCN. The van der Waals surface area contributed by atoms with Gasteiger partial charge in [-0.3, -0.25) is 4.79 Å². The van der Waals surface area contributed by atoms with Gasteiger partial charge in [0.05, 0.1) is 5.75 Å². The third-order valence-corrected chi connectivity index (χ3v) is 2.63. The van der Waals surface area contributed by atoms with Gasteiger partial charge in [0.25, 0.3) is 0 Å². The Kier molecular flexibility index (Phi) is 6.20. The van der Waals surface area contributed by atoms with Crippen molar-refractivity contribution < 1.29 is 4.79 Å². The molecule has 0 saturated carbocycles. The largest absolute Gasteiger partial charge is 0.343 e. The van der Waals surface area contributed by atoms with Crippen molar-refractivity contribution >= 4 is 17.7 Å². The predicted molar refractivity (Wildman–Crippen MR) is 54.3 cm³/mol. The molecule has 12 heavy (non-hydrogen) atoms. The lowest BCUT2D eigenvalue weighted by Crippen LogP contribution is -2.34. The van der Waals surface area contributed by atoms with Gasteiger partial charge in [-0.25, -0.2) is 0 Å². The number of hydrogen-bond acceptors (Lipinski definition) is 3. The summed E-state index contributed by atoms with van der Waals surface area (Å²) in [5.41, 5.74) is 5.30. The second kappa shape index (κ2) is 6.31.